The van der Waals surface area contributed by atoms with E-state index in [9.17, 15) is 22.8 Å². The van der Waals surface area contributed by atoms with Crippen LogP contribution < -0.4 is 0 Å². The van der Waals surface area contributed by atoms with Crippen LogP contribution in [0, 0.1) is 0 Å². The van der Waals surface area contributed by atoms with Crippen LogP contribution in [0.3, 0.4) is 0 Å². The van der Waals surface area contributed by atoms with Gasteiger partial charge in [0.1, 0.15) is 12.5 Å². The van der Waals surface area contributed by atoms with Gasteiger partial charge in [-0.1, -0.05) is 13.2 Å². The second kappa shape index (κ2) is 12.3. The molecule has 0 spiro atoms. The summed E-state index contributed by atoms with van der Waals surface area (Å²) in [6, 6.07) is -0.326. The predicted octanol–water partition coefficient (Wildman–Crippen LogP) is 5.49. The molecule has 0 aliphatic rings. The van der Waals surface area contributed by atoms with Crippen LogP contribution in [0.15, 0.2) is 24.3 Å². The van der Waals surface area contributed by atoms with Crippen molar-refractivity contribution >= 4 is 45.7 Å². The van der Waals surface area contributed by atoms with E-state index >= 15 is 0 Å². The third-order valence-corrected chi connectivity index (χ3v) is 18.8. The Labute approximate surface area is 205 Å². The first kappa shape index (κ1) is 33.0. The zero-order valence-corrected chi connectivity index (χ0v) is 25.7. The molecule has 34 heavy (non-hydrogen) atoms. The van der Waals surface area contributed by atoms with E-state index in [1.165, 1.54) is 13.8 Å². The Kier molecular flexibility index (Phi) is 11.9. The molecule has 0 amide bonds. The number of rotatable bonds is 14. The normalized spacial score (nSPS) is 14.8. The number of carbonyl (C=O) groups excluding carboxylic acids is 2. The Bertz CT molecular complexity index is 770. The van der Waals surface area contributed by atoms with Gasteiger partial charge in [-0.25, -0.2) is 9.59 Å². The van der Waals surface area contributed by atoms with E-state index in [2.05, 4.69) is 13.2 Å². The summed E-state index contributed by atoms with van der Waals surface area (Å²) >= 11 is 0. The molecule has 0 aromatic carbocycles. The molecule has 1 unspecified atom stereocenters. The molecule has 0 saturated carbocycles. The van der Waals surface area contributed by atoms with Crippen molar-refractivity contribution in [2.45, 2.75) is 78.3 Å². The van der Waals surface area contributed by atoms with Crippen molar-refractivity contribution in [1.82, 2.24) is 0 Å². The van der Waals surface area contributed by atoms with Gasteiger partial charge in [0.2, 0.25) is 16.6 Å². The fourth-order valence-corrected chi connectivity index (χ4v) is 21.3. The summed E-state index contributed by atoms with van der Waals surface area (Å²) < 4.78 is 68.5. The second-order valence-electron chi connectivity index (χ2n) is 10.2. The standard InChI is InChI=1S/C20H39F3O7Si4/c1-16(2)18(24)26-14-31(5,6)28-33(9,10)30-34(11,13-12-20(21,22)23)29-32(7,8)15-27-19(25)17(3)4/h1,3,12-15H2,2,4-11H3. The van der Waals surface area contributed by atoms with Crippen molar-refractivity contribution in [3.63, 3.8) is 0 Å². The molecule has 0 aromatic heterocycles. The maximum absolute atomic E-state index is 13.1. The number of hydrogen-bond acceptors (Lipinski definition) is 7. The van der Waals surface area contributed by atoms with E-state index in [4.69, 9.17) is 21.8 Å². The summed E-state index contributed by atoms with van der Waals surface area (Å²) in [6.45, 7) is 22.3. The van der Waals surface area contributed by atoms with Crippen LogP contribution in [0.5, 0.6) is 0 Å². The van der Waals surface area contributed by atoms with Crippen LogP contribution in [-0.2, 0) is 31.4 Å². The molecule has 198 valence electrons. The zero-order valence-electron chi connectivity index (χ0n) is 21.7. The van der Waals surface area contributed by atoms with Gasteiger partial charge in [0, 0.05) is 17.6 Å². The molecule has 0 aromatic rings. The first-order chi connectivity index (χ1) is 15.0. The van der Waals surface area contributed by atoms with Gasteiger partial charge in [0.25, 0.3) is 0 Å². The van der Waals surface area contributed by atoms with Crippen LogP contribution in [0.4, 0.5) is 13.2 Å². The number of carbonyl (C=O) groups is 2. The smallest absolute Gasteiger partial charge is 0.389 e. The minimum Gasteiger partial charge on any atom is -0.463 e. The summed E-state index contributed by atoms with van der Waals surface area (Å²) in [4.78, 5) is 23.5. The number of ether oxygens (including phenoxy) is 2. The Hall–Kier alpha value is -1.04. The van der Waals surface area contributed by atoms with Crippen molar-refractivity contribution < 1.29 is 44.6 Å². The second-order valence-corrected chi connectivity index (χ2v) is 25.8. The molecule has 1 atom stereocenters. The van der Waals surface area contributed by atoms with E-state index < -0.39 is 58.3 Å². The zero-order chi connectivity index (χ0) is 27.2. The third kappa shape index (κ3) is 14.4. The van der Waals surface area contributed by atoms with Gasteiger partial charge in [-0.15, -0.1) is 0 Å². The maximum Gasteiger partial charge on any atom is 0.389 e. The van der Waals surface area contributed by atoms with Crippen LogP contribution in [0.25, 0.3) is 0 Å². The van der Waals surface area contributed by atoms with Crippen molar-refractivity contribution in [3.8, 4) is 0 Å². The van der Waals surface area contributed by atoms with Crippen molar-refractivity contribution in [2.24, 2.45) is 0 Å². The minimum atomic E-state index is -4.38. The van der Waals surface area contributed by atoms with Gasteiger partial charge >= 0.3 is 35.2 Å². The first-order valence-electron chi connectivity index (χ1n) is 10.8. The minimum absolute atomic E-state index is 0.0450. The van der Waals surface area contributed by atoms with Crippen molar-refractivity contribution in [2.75, 3.05) is 12.5 Å². The first-order valence-corrected chi connectivity index (χ1v) is 22.4. The molecular formula is C20H39F3O7Si4. The summed E-state index contributed by atoms with van der Waals surface area (Å²) in [6.07, 6.45) is -5.43. The topological polar surface area (TPSA) is 80.3 Å². The largest absolute Gasteiger partial charge is 0.463 e. The highest BCUT2D eigenvalue weighted by Crippen LogP contribution is 2.32. The summed E-state index contributed by atoms with van der Waals surface area (Å²) in [5.74, 6) is -1.12. The molecule has 0 heterocycles. The van der Waals surface area contributed by atoms with Crippen LogP contribution in [0.1, 0.15) is 20.3 Å². The molecule has 0 fully saturated rings. The van der Waals surface area contributed by atoms with E-state index in [-0.39, 0.29) is 29.7 Å². The van der Waals surface area contributed by atoms with E-state index in [1.807, 2.05) is 13.1 Å². The Balaban J connectivity index is 5.57. The lowest BCUT2D eigenvalue weighted by Crippen LogP contribution is -2.59. The lowest BCUT2D eigenvalue weighted by Gasteiger charge is -2.42. The van der Waals surface area contributed by atoms with Gasteiger partial charge in [0.15, 0.2) is 0 Å². The molecule has 0 saturated heterocycles. The quantitative estimate of drug-likeness (QED) is 0.158. The Morgan fingerprint density at radius 3 is 1.47 bits per heavy atom. The summed E-state index contributed by atoms with van der Waals surface area (Å²) in [5, 5.41) is 0. The fourth-order valence-electron chi connectivity index (χ4n) is 3.07. The maximum atomic E-state index is 13.1. The molecular weight excluding hydrogens is 522 g/mol. The van der Waals surface area contributed by atoms with Gasteiger partial charge in [0.05, 0.1) is 0 Å². The van der Waals surface area contributed by atoms with Crippen molar-refractivity contribution in [1.29, 1.82) is 0 Å². The summed E-state index contributed by atoms with van der Waals surface area (Å²) in [7, 11) is -11.8. The monoisotopic (exact) mass is 560 g/mol. The van der Waals surface area contributed by atoms with E-state index in [1.54, 1.807) is 32.7 Å². The van der Waals surface area contributed by atoms with Gasteiger partial charge in [-0.3, -0.25) is 0 Å². The average Bonchev–Trinajstić information content (AvgIpc) is 2.60. The van der Waals surface area contributed by atoms with Gasteiger partial charge in [-0.2, -0.15) is 13.2 Å². The lowest BCUT2D eigenvalue weighted by molar-refractivity contribution is -0.138. The van der Waals surface area contributed by atoms with Gasteiger partial charge in [-0.05, 0) is 65.7 Å². The predicted molar refractivity (Wildman–Crippen MR) is 134 cm³/mol. The summed E-state index contributed by atoms with van der Waals surface area (Å²) in [5.41, 5.74) is 0.484. The lowest BCUT2D eigenvalue weighted by atomic mass is 10.4. The number of esters is 2. The molecule has 7 nitrogen and oxygen atoms in total. The van der Waals surface area contributed by atoms with Crippen molar-refractivity contribution in [3.05, 3.63) is 24.3 Å². The Morgan fingerprint density at radius 2 is 1.12 bits per heavy atom. The number of alkyl halides is 3. The molecule has 14 heteroatoms. The number of hydrogen-bond donors (Lipinski definition) is 0. The highest BCUT2D eigenvalue weighted by molar-refractivity contribution is 6.89. The van der Waals surface area contributed by atoms with Crippen LogP contribution in [-0.4, -0.2) is 64.3 Å². The number of halogens is 3. The molecule has 0 aliphatic heterocycles. The fraction of sp³-hybridized carbons (Fsp3) is 0.700. The highest BCUT2D eigenvalue weighted by Gasteiger charge is 2.48. The van der Waals surface area contributed by atoms with E-state index in [0.717, 1.165) is 0 Å². The molecule has 0 radical (unpaired) electrons. The van der Waals surface area contributed by atoms with Crippen LogP contribution >= 0.6 is 0 Å². The third-order valence-electron chi connectivity index (χ3n) is 4.14. The SMILES string of the molecule is C=C(C)C(=O)OC[Si](C)(C)O[Si](C)(C)O[Si](C)(CCC(F)(F)F)O[Si](C)(C)COC(=O)C(=C)C. The van der Waals surface area contributed by atoms with Crippen LogP contribution in [0.2, 0.25) is 51.9 Å². The molecule has 0 rings (SSSR count). The van der Waals surface area contributed by atoms with E-state index in [0.29, 0.717) is 0 Å². The average molecular weight is 561 g/mol. The molecule has 0 bridgehead atoms. The highest BCUT2D eigenvalue weighted by atomic mass is 28.5. The van der Waals surface area contributed by atoms with Gasteiger partial charge < -0.3 is 21.8 Å². The molecule has 0 aliphatic carbocycles. The molecule has 0 N–H and O–H groups in total. The Morgan fingerprint density at radius 1 is 0.735 bits per heavy atom.